The SMILES string of the molecule is CO[Si](C)(C)O[Si](C)(C)Oc1ccc(-c2nc3ccc4c(ccc5nc(-c6ccc(O[Si](C)(C)O[Si](C)(C)OC)cc6)oc54)c3o2)cc1. The van der Waals surface area contributed by atoms with Crippen molar-refractivity contribution in [2.24, 2.45) is 0 Å². The zero-order valence-electron chi connectivity index (χ0n) is 29.1. The largest absolute Gasteiger partial charge is 0.521 e. The molecule has 0 atom stereocenters. The highest BCUT2D eigenvalue weighted by Crippen LogP contribution is 2.36. The molecule has 14 heteroatoms. The summed E-state index contributed by atoms with van der Waals surface area (Å²) in [7, 11) is -5.98. The van der Waals surface area contributed by atoms with Gasteiger partial charge in [0.2, 0.25) is 11.8 Å². The number of benzene rings is 4. The predicted molar refractivity (Wildman–Crippen MR) is 197 cm³/mol. The first kappa shape index (κ1) is 34.3. The molecule has 0 saturated heterocycles. The van der Waals surface area contributed by atoms with Crippen LogP contribution in [0.3, 0.4) is 0 Å². The smallest absolute Gasteiger partial charge is 0.383 e. The highest BCUT2D eigenvalue weighted by atomic mass is 28.5. The predicted octanol–water partition coefficient (Wildman–Crippen LogP) is 9.35. The summed E-state index contributed by atoms with van der Waals surface area (Å²) in [6, 6.07) is 23.4. The molecule has 0 amide bonds. The van der Waals surface area contributed by atoms with Crippen LogP contribution in [0.4, 0.5) is 0 Å². The van der Waals surface area contributed by atoms with Gasteiger partial charge in [-0.2, -0.15) is 0 Å². The second kappa shape index (κ2) is 12.7. The Bertz CT molecular complexity index is 1920. The first-order valence-electron chi connectivity index (χ1n) is 15.8. The van der Waals surface area contributed by atoms with Crippen LogP contribution in [0, 0.1) is 0 Å². The monoisotopic (exact) mass is 718 g/mol. The molecular weight excluding hydrogens is 677 g/mol. The number of oxazole rings is 2. The van der Waals surface area contributed by atoms with E-state index in [0.29, 0.717) is 22.9 Å². The van der Waals surface area contributed by atoms with Crippen LogP contribution in [-0.4, -0.2) is 58.4 Å². The zero-order chi connectivity index (χ0) is 34.5. The molecule has 0 fully saturated rings. The summed E-state index contributed by atoms with van der Waals surface area (Å²) in [6.45, 7) is 16.1. The van der Waals surface area contributed by atoms with Crippen LogP contribution in [0.2, 0.25) is 52.4 Å². The lowest BCUT2D eigenvalue weighted by atomic mass is 10.1. The Morgan fingerprint density at radius 2 is 0.812 bits per heavy atom. The minimum atomic E-state index is -2.44. The lowest BCUT2D eigenvalue weighted by molar-refractivity contribution is 0.280. The maximum Gasteiger partial charge on any atom is 0.383 e. The van der Waals surface area contributed by atoms with E-state index < -0.39 is 34.2 Å². The van der Waals surface area contributed by atoms with Crippen molar-refractivity contribution >= 4 is 67.2 Å². The minimum absolute atomic E-state index is 0.523. The molecule has 0 unspecified atom stereocenters. The zero-order valence-corrected chi connectivity index (χ0v) is 33.1. The molecule has 0 spiro atoms. The third-order valence-electron chi connectivity index (χ3n) is 7.80. The molecule has 0 bridgehead atoms. The molecule has 0 aliphatic heterocycles. The molecule has 6 aromatic rings. The van der Waals surface area contributed by atoms with Gasteiger partial charge in [0, 0.05) is 36.1 Å². The topological polar surface area (TPSA) is 107 Å². The second-order valence-electron chi connectivity index (χ2n) is 13.4. The van der Waals surface area contributed by atoms with E-state index in [9.17, 15) is 0 Å². The summed E-state index contributed by atoms with van der Waals surface area (Å²) in [5.41, 5.74) is 4.58. The van der Waals surface area contributed by atoms with Crippen LogP contribution < -0.4 is 8.85 Å². The molecule has 6 rings (SSSR count). The van der Waals surface area contributed by atoms with Crippen LogP contribution in [0.1, 0.15) is 0 Å². The number of aromatic nitrogens is 2. The van der Waals surface area contributed by atoms with Gasteiger partial charge in [-0.3, -0.25) is 0 Å². The quantitative estimate of drug-likeness (QED) is 0.114. The van der Waals surface area contributed by atoms with E-state index in [-0.39, 0.29) is 0 Å². The number of hydrogen-bond donors (Lipinski definition) is 0. The van der Waals surface area contributed by atoms with Crippen LogP contribution >= 0.6 is 0 Å². The van der Waals surface area contributed by atoms with E-state index in [4.69, 9.17) is 44.7 Å². The van der Waals surface area contributed by atoms with Crippen LogP contribution in [0.25, 0.3) is 55.9 Å². The number of hydrogen-bond acceptors (Lipinski definition) is 10. The van der Waals surface area contributed by atoms with E-state index in [2.05, 4.69) is 0 Å². The first-order chi connectivity index (χ1) is 22.6. The van der Waals surface area contributed by atoms with Crippen molar-refractivity contribution in [3.63, 3.8) is 0 Å². The molecule has 2 heterocycles. The van der Waals surface area contributed by atoms with Gasteiger partial charge >= 0.3 is 34.2 Å². The van der Waals surface area contributed by atoms with Gasteiger partial charge in [-0.1, -0.05) is 0 Å². The van der Waals surface area contributed by atoms with Crippen molar-refractivity contribution in [2.45, 2.75) is 52.4 Å². The molecule has 0 aliphatic rings. The Balaban J connectivity index is 1.23. The van der Waals surface area contributed by atoms with E-state index in [1.165, 1.54) is 0 Å². The van der Waals surface area contributed by atoms with Crippen molar-refractivity contribution in [2.75, 3.05) is 14.2 Å². The van der Waals surface area contributed by atoms with Crippen LogP contribution in [0.15, 0.2) is 81.6 Å². The normalized spacial score (nSPS) is 13.1. The lowest BCUT2D eigenvalue weighted by Gasteiger charge is -2.31. The Labute approximate surface area is 284 Å². The fraction of sp³-hybridized carbons (Fsp3) is 0.294. The van der Waals surface area contributed by atoms with Gasteiger partial charge in [-0.25, -0.2) is 9.97 Å². The molecular formula is C34H42N2O8Si4. The Kier molecular flexibility index (Phi) is 9.05. The fourth-order valence-corrected chi connectivity index (χ4v) is 17.5. The van der Waals surface area contributed by atoms with E-state index >= 15 is 0 Å². The standard InChI is InChI=1S/C34H42N2O8Si4/c1-37-45(3,4)43-47(7,8)41-25-15-11-23(12-16-25)33-35-29-21-19-28-27(31(29)39-33)20-22-30-32(28)40-34(36-30)24-13-17-26(18-14-24)42-48(9,10)44-46(5,6)38-2/h11-22H,1-10H3. The first-order valence-corrected chi connectivity index (χ1v) is 27.0. The molecule has 0 aliphatic carbocycles. The Morgan fingerprint density at radius 1 is 0.458 bits per heavy atom. The summed E-state index contributed by atoms with van der Waals surface area (Å²) in [5.74, 6) is 2.51. The Morgan fingerprint density at radius 3 is 1.15 bits per heavy atom. The third-order valence-corrected chi connectivity index (χ3v) is 19.1. The van der Waals surface area contributed by atoms with E-state index in [1.807, 2.05) is 125 Å². The van der Waals surface area contributed by atoms with Crippen molar-refractivity contribution in [1.29, 1.82) is 0 Å². The average Bonchev–Trinajstić information content (AvgIpc) is 3.65. The summed E-state index contributed by atoms with van der Waals surface area (Å²) in [4.78, 5) is 9.57. The maximum absolute atomic E-state index is 6.35. The van der Waals surface area contributed by atoms with Crippen LogP contribution in [0.5, 0.6) is 11.5 Å². The van der Waals surface area contributed by atoms with Gasteiger partial charge in [-0.05, 0) is 125 Å². The van der Waals surface area contributed by atoms with Gasteiger partial charge in [0.25, 0.3) is 0 Å². The van der Waals surface area contributed by atoms with Gasteiger partial charge in [0.1, 0.15) is 22.5 Å². The molecule has 0 radical (unpaired) electrons. The van der Waals surface area contributed by atoms with Gasteiger partial charge < -0.3 is 34.8 Å². The maximum atomic E-state index is 6.35. The van der Waals surface area contributed by atoms with E-state index in [0.717, 1.165) is 44.4 Å². The minimum Gasteiger partial charge on any atom is -0.521 e. The highest BCUT2D eigenvalue weighted by Gasteiger charge is 2.38. The fourth-order valence-electron chi connectivity index (χ4n) is 5.63. The van der Waals surface area contributed by atoms with Gasteiger partial charge in [0.05, 0.1) is 0 Å². The summed E-state index contributed by atoms with van der Waals surface area (Å²) in [5, 5.41) is 1.80. The molecule has 0 saturated carbocycles. The van der Waals surface area contributed by atoms with Gasteiger partial charge in [0.15, 0.2) is 11.2 Å². The van der Waals surface area contributed by atoms with Crippen molar-refractivity contribution in [3.05, 3.63) is 72.8 Å². The lowest BCUT2D eigenvalue weighted by Crippen LogP contribution is -2.49. The van der Waals surface area contributed by atoms with Gasteiger partial charge in [-0.15, -0.1) is 0 Å². The molecule has 4 aromatic carbocycles. The number of nitrogens with zero attached hydrogens (tertiary/aromatic N) is 2. The molecule has 2 aromatic heterocycles. The van der Waals surface area contributed by atoms with Crippen molar-refractivity contribution < 1.29 is 34.8 Å². The molecule has 0 N–H and O–H groups in total. The average molecular weight is 719 g/mol. The van der Waals surface area contributed by atoms with E-state index in [1.54, 1.807) is 14.2 Å². The number of fused-ring (bicyclic) bond motifs is 5. The molecule has 48 heavy (non-hydrogen) atoms. The summed E-state index contributed by atoms with van der Waals surface area (Å²) >= 11 is 0. The Hall–Kier alpha value is -3.61. The number of rotatable bonds is 12. The van der Waals surface area contributed by atoms with Crippen LogP contribution in [-0.2, 0) is 17.1 Å². The summed E-state index contributed by atoms with van der Waals surface area (Å²) < 4.78 is 48.8. The summed E-state index contributed by atoms with van der Waals surface area (Å²) in [6.07, 6.45) is 0. The molecule has 10 nitrogen and oxygen atoms in total. The third kappa shape index (κ3) is 7.50. The van der Waals surface area contributed by atoms with Crippen molar-refractivity contribution in [1.82, 2.24) is 9.97 Å². The van der Waals surface area contributed by atoms with Crippen molar-refractivity contribution in [3.8, 4) is 34.4 Å². The highest BCUT2D eigenvalue weighted by molar-refractivity contribution is 6.79. The molecule has 252 valence electrons. The second-order valence-corrected chi connectivity index (χ2v) is 27.5.